The van der Waals surface area contributed by atoms with Gasteiger partial charge in [0.2, 0.25) is 0 Å². The van der Waals surface area contributed by atoms with Crippen molar-refractivity contribution in [3.8, 4) is 11.5 Å². The third-order valence-electron chi connectivity index (χ3n) is 8.38. The molecule has 0 spiro atoms. The number of para-hydroxylation sites is 1. The summed E-state index contributed by atoms with van der Waals surface area (Å²) in [6.45, 7) is 7.21. The zero-order valence-electron chi connectivity index (χ0n) is 30.4. The van der Waals surface area contributed by atoms with E-state index in [0.29, 0.717) is 27.8 Å². The summed E-state index contributed by atoms with van der Waals surface area (Å²) >= 11 is 27.1. The monoisotopic (exact) mass is 849 g/mol. The predicted octanol–water partition coefficient (Wildman–Crippen LogP) is 10.5. The molecule has 3 atom stereocenters. The molecule has 3 unspecified atom stereocenters. The third-order valence-corrected chi connectivity index (χ3v) is 10.8. The Morgan fingerprint density at radius 2 is 1.30 bits per heavy atom. The Morgan fingerprint density at radius 1 is 0.750 bits per heavy atom. The number of hydrogen-bond donors (Lipinski definition) is 3. The first kappa shape index (κ1) is 40.7. The van der Waals surface area contributed by atoms with Gasteiger partial charge in [-0.25, -0.2) is 10.0 Å². The Balaban J connectivity index is 1.28. The number of hydrogen-bond acceptors (Lipinski definition) is 7. The van der Waals surface area contributed by atoms with Crippen LogP contribution >= 0.6 is 58.2 Å². The Morgan fingerprint density at radius 3 is 1.89 bits per heavy atom. The van der Waals surface area contributed by atoms with Gasteiger partial charge < -0.3 is 20.1 Å². The lowest BCUT2D eigenvalue weighted by Crippen LogP contribution is -2.36. The van der Waals surface area contributed by atoms with Crippen molar-refractivity contribution >= 4 is 104 Å². The molecule has 1 fully saturated rings. The number of rotatable bonds is 12. The molecule has 1 aliphatic heterocycles. The van der Waals surface area contributed by atoms with E-state index in [4.69, 9.17) is 60.9 Å². The van der Waals surface area contributed by atoms with Crippen molar-refractivity contribution in [2.75, 3.05) is 15.6 Å². The number of amides is 3. The molecule has 0 radical (unpaired) electrons. The maximum Gasteiger partial charge on any atom is 0.267 e. The van der Waals surface area contributed by atoms with Crippen molar-refractivity contribution in [3.05, 3.63) is 134 Å². The molecule has 0 saturated carbocycles. The van der Waals surface area contributed by atoms with Gasteiger partial charge in [-0.1, -0.05) is 93.9 Å². The highest BCUT2D eigenvalue weighted by Crippen LogP contribution is 2.41. The van der Waals surface area contributed by atoms with Crippen molar-refractivity contribution < 1.29 is 23.9 Å². The van der Waals surface area contributed by atoms with Crippen LogP contribution in [0.25, 0.3) is 0 Å². The minimum absolute atomic E-state index is 0.119. The zero-order chi connectivity index (χ0) is 40.1. The van der Waals surface area contributed by atoms with Crippen LogP contribution in [0.1, 0.15) is 25.0 Å². The number of ether oxygens (including phenoxy) is 2. The van der Waals surface area contributed by atoms with Gasteiger partial charge in [0.1, 0.15) is 28.3 Å². The highest BCUT2D eigenvalue weighted by molar-refractivity contribution is 8.01. The van der Waals surface area contributed by atoms with Crippen LogP contribution in [0.4, 0.5) is 22.7 Å². The SMILES string of the molecule is Cc1ccc(OC(C)C(=O)Nc2ccc(Cl)c(N=C3NN(c4c(Cl)cc(Cl)cc4Cl)C(=O)C3Sc3ccccc3NC(=O)C(C)Oc3ccc(C)cc3)c2)cc1. The molecular weight excluding hydrogens is 816 g/mol. The lowest BCUT2D eigenvalue weighted by Gasteiger charge is -2.19. The van der Waals surface area contributed by atoms with Crippen molar-refractivity contribution in [2.24, 2.45) is 4.99 Å². The van der Waals surface area contributed by atoms with Crippen molar-refractivity contribution in [1.29, 1.82) is 0 Å². The number of aryl methyl sites for hydroxylation is 2. The van der Waals surface area contributed by atoms with Crippen LogP contribution in [0.15, 0.2) is 113 Å². The standard InChI is InChI=1S/C41H35Cl4N5O5S/c1-22-9-14-28(15-10-22)54-24(3)39(51)46-27-13-18-30(43)34(21-27)47-38-37(41(53)50(49-38)36-31(44)19-26(42)20-32(36)45)56-35-8-6-5-7-33(35)48-40(52)25(4)55-29-16-11-23(2)12-17-29/h5-21,24-25,37H,1-4H3,(H,46,51)(H,47,49)(H,48,52). The highest BCUT2D eigenvalue weighted by atomic mass is 35.5. The maximum atomic E-state index is 14.3. The van der Waals surface area contributed by atoms with Gasteiger partial charge in [0.25, 0.3) is 17.7 Å². The normalized spacial score (nSPS) is 15.6. The summed E-state index contributed by atoms with van der Waals surface area (Å²) in [7, 11) is 0. The number of carbonyl (C=O) groups excluding carboxylic acids is 3. The summed E-state index contributed by atoms with van der Waals surface area (Å²) < 4.78 is 11.7. The molecule has 5 aromatic rings. The average molecular weight is 852 g/mol. The van der Waals surface area contributed by atoms with Crippen LogP contribution in [-0.4, -0.2) is 41.0 Å². The first-order chi connectivity index (χ1) is 26.7. The number of amidine groups is 1. The number of nitrogens with one attached hydrogen (secondary N) is 3. The number of aliphatic imine (C=N–C) groups is 1. The predicted molar refractivity (Wildman–Crippen MR) is 227 cm³/mol. The number of nitrogens with zero attached hydrogens (tertiary/aromatic N) is 2. The molecule has 0 bridgehead atoms. The molecule has 1 saturated heterocycles. The quantitative estimate of drug-likeness (QED) is 0.114. The van der Waals surface area contributed by atoms with Crippen molar-refractivity contribution in [1.82, 2.24) is 5.43 Å². The molecule has 288 valence electrons. The van der Waals surface area contributed by atoms with Gasteiger partial charge in [-0.3, -0.25) is 19.8 Å². The second-order valence-corrected chi connectivity index (χ2v) is 15.6. The molecule has 6 rings (SSSR count). The molecular formula is C41H35Cl4N5O5S. The van der Waals surface area contributed by atoms with Crippen molar-refractivity contribution in [3.63, 3.8) is 0 Å². The van der Waals surface area contributed by atoms with E-state index in [1.54, 1.807) is 80.6 Å². The van der Waals surface area contributed by atoms with Gasteiger partial charge in [0, 0.05) is 15.6 Å². The second-order valence-electron chi connectivity index (χ2n) is 12.8. The van der Waals surface area contributed by atoms with Crippen LogP contribution in [0.3, 0.4) is 0 Å². The largest absolute Gasteiger partial charge is 0.481 e. The van der Waals surface area contributed by atoms with E-state index >= 15 is 0 Å². The van der Waals surface area contributed by atoms with Gasteiger partial charge in [0.15, 0.2) is 12.2 Å². The Hall–Kier alpha value is -4.91. The second kappa shape index (κ2) is 17.9. The van der Waals surface area contributed by atoms with Crippen LogP contribution in [0, 0.1) is 13.8 Å². The molecule has 0 aromatic heterocycles. The topological polar surface area (TPSA) is 121 Å². The van der Waals surface area contributed by atoms with Gasteiger partial charge in [-0.2, -0.15) is 0 Å². The lowest BCUT2D eigenvalue weighted by atomic mass is 10.2. The minimum atomic E-state index is -1.02. The number of thioether (sulfide) groups is 1. The van der Waals surface area contributed by atoms with Gasteiger partial charge in [-0.15, -0.1) is 11.8 Å². The van der Waals surface area contributed by atoms with Crippen LogP contribution in [0.2, 0.25) is 20.1 Å². The highest BCUT2D eigenvalue weighted by Gasteiger charge is 2.41. The van der Waals surface area contributed by atoms with Crippen LogP contribution < -0.4 is 30.5 Å². The molecule has 3 amide bonds. The van der Waals surface area contributed by atoms with Gasteiger partial charge in [0.05, 0.1) is 26.4 Å². The molecule has 0 aliphatic carbocycles. The average Bonchev–Trinajstić information content (AvgIpc) is 3.44. The van der Waals surface area contributed by atoms with Crippen LogP contribution in [-0.2, 0) is 14.4 Å². The number of anilines is 3. The fourth-order valence-electron chi connectivity index (χ4n) is 5.40. The number of halogens is 4. The summed E-state index contributed by atoms with van der Waals surface area (Å²) in [5, 5.41) is 6.70. The van der Waals surface area contributed by atoms with E-state index in [1.165, 1.54) is 17.1 Å². The van der Waals surface area contributed by atoms with E-state index in [2.05, 4.69) is 16.1 Å². The molecule has 15 heteroatoms. The van der Waals surface area contributed by atoms with Gasteiger partial charge >= 0.3 is 0 Å². The summed E-state index contributed by atoms with van der Waals surface area (Å²) in [5.41, 5.74) is 6.43. The zero-order valence-corrected chi connectivity index (χ0v) is 34.2. The summed E-state index contributed by atoms with van der Waals surface area (Å²) in [6, 6.07) is 29.5. The number of hydrazine groups is 1. The summed E-state index contributed by atoms with van der Waals surface area (Å²) in [4.78, 5) is 46.1. The van der Waals surface area contributed by atoms with E-state index in [-0.39, 0.29) is 37.3 Å². The lowest BCUT2D eigenvalue weighted by molar-refractivity contribution is -0.122. The van der Waals surface area contributed by atoms with Crippen molar-refractivity contribution in [2.45, 2.75) is 50.0 Å². The van der Waals surface area contributed by atoms with E-state index in [1.807, 2.05) is 38.1 Å². The fraction of sp³-hybridized carbons (Fsp3) is 0.171. The van der Waals surface area contributed by atoms with Gasteiger partial charge in [-0.05, 0) is 94.4 Å². The number of benzene rings is 5. The molecule has 10 nitrogen and oxygen atoms in total. The molecule has 1 aliphatic rings. The number of carbonyl (C=O) groups is 3. The molecule has 3 N–H and O–H groups in total. The maximum absolute atomic E-state index is 14.3. The van der Waals surface area contributed by atoms with E-state index in [0.717, 1.165) is 22.9 Å². The fourth-order valence-corrected chi connectivity index (χ4v) is 7.63. The minimum Gasteiger partial charge on any atom is -0.481 e. The third kappa shape index (κ3) is 9.90. The summed E-state index contributed by atoms with van der Waals surface area (Å²) in [6.07, 6.45) is -1.65. The first-order valence-electron chi connectivity index (χ1n) is 17.2. The Labute approximate surface area is 348 Å². The van der Waals surface area contributed by atoms with E-state index < -0.39 is 35.2 Å². The summed E-state index contributed by atoms with van der Waals surface area (Å²) in [5.74, 6) is 0.00834. The Kier molecular flexibility index (Phi) is 13.0. The van der Waals surface area contributed by atoms with Crippen LogP contribution in [0.5, 0.6) is 11.5 Å². The molecule has 1 heterocycles. The van der Waals surface area contributed by atoms with E-state index in [9.17, 15) is 14.4 Å². The molecule has 56 heavy (non-hydrogen) atoms. The Bertz CT molecular complexity index is 2290. The first-order valence-corrected chi connectivity index (χ1v) is 19.6. The smallest absolute Gasteiger partial charge is 0.267 e. The molecule has 5 aromatic carbocycles.